The molecule has 0 saturated carbocycles. The molecule has 2 aromatic rings. The maximum absolute atomic E-state index is 13.7. The Balaban J connectivity index is 2.46. The molecular weight excluding hydrogens is 295 g/mol. The summed E-state index contributed by atoms with van der Waals surface area (Å²) in [5, 5.41) is 3.38. The van der Waals surface area contributed by atoms with E-state index in [1.165, 1.54) is 32.0 Å². The zero-order valence-corrected chi connectivity index (χ0v) is 11.6. The summed E-state index contributed by atoms with van der Waals surface area (Å²) in [6.07, 6.45) is 0. The highest BCUT2D eigenvalue weighted by atomic mass is 35.5. The van der Waals surface area contributed by atoms with Gasteiger partial charge in [0.1, 0.15) is 5.69 Å². The van der Waals surface area contributed by atoms with Crippen LogP contribution in [-0.2, 0) is 10.0 Å². The molecule has 8 heteroatoms. The SMILES string of the molecule is Cc1noc(C)c1S(=O)(=O)Nc1cccc(Cl)c1F. The second-order valence-corrected chi connectivity index (χ2v) is 5.89. The summed E-state index contributed by atoms with van der Waals surface area (Å²) in [6.45, 7) is 2.95. The summed E-state index contributed by atoms with van der Waals surface area (Å²) in [6, 6.07) is 4.04. The van der Waals surface area contributed by atoms with E-state index in [1.807, 2.05) is 0 Å². The van der Waals surface area contributed by atoms with Crippen LogP contribution in [0, 0.1) is 19.7 Å². The highest BCUT2D eigenvalue weighted by Gasteiger charge is 2.25. The van der Waals surface area contributed by atoms with E-state index < -0.39 is 15.8 Å². The number of nitrogens with one attached hydrogen (secondary N) is 1. The molecular formula is C11H10ClFN2O3S. The molecule has 0 spiro atoms. The van der Waals surface area contributed by atoms with Crippen LogP contribution in [0.25, 0.3) is 0 Å². The first-order valence-electron chi connectivity index (χ1n) is 5.22. The van der Waals surface area contributed by atoms with Crippen molar-refractivity contribution in [1.82, 2.24) is 5.16 Å². The van der Waals surface area contributed by atoms with E-state index in [4.69, 9.17) is 16.1 Å². The van der Waals surface area contributed by atoms with Crippen LogP contribution in [0.15, 0.2) is 27.6 Å². The molecule has 19 heavy (non-hydrogen) atoms. The number of sulfonamides is 1. The van der Waals surface area contributed by atoms with Crippen LogP contribution >= 0.6 is 11.6 Å². The Labute approximate surface area is 114 Å². The lowest BCUT2D eigenvalue weighted by molar-refractivity contribution is 0.390. The molecule has 5 nitrogen and oxygen atoms in total. The summed E-state index contributed by atoms with van der Waals surface area (Å²) in [5.41, 5.74) is -0.0278. The van der Waals surface area contributed by atoms with E-state index in [1.54, 1.807) is 0 Å². The Hall–Kier alpha value is -1.60. The summed E-state index contributed by atoms with van der Waals surface area (Å²) >= 11 is 5.59. The molecule has 0 bridgehead atoms. The number of aryl methyl sites for hydroxylation is 2. The molecule has 0 fully saturated rings. The zero-order chi connectivity index (χ0) is 14.2. The van der Waals surface area contributed by atoms with Gasteiger partial charge in [-0.3, -0.25) is 4.72 Å². The first kappa shape index (κ1) is 13.8. The number of rotatable bonds is 3. The van der Waals surface area contributed by atoms with Gasteiger partial charge in [0.2, 0.25) is 0 Å². The average molecular weight is 305 g/mol. The van der Waals surface area contributed by atoms with Gasteiger partial charge in [-0.2, -0.15) is 0 Å². The number of aromatic nitrogens is 1. The Morgan fingerprint density at radius 2 is 2.05 bits per heavy atom. The first-order valence-corrected chi connectivity index (χ1v) is 7.08. The highest BCUT2D eigenvalue weighted by molar-refractivity contribution is 7.92. The minimum Gasteiger partial charge on any atom is -0.360 e. The molecule has 0 atom stereocenters. The van der Waals surface area contributed by atoms with Gasteiger partial charge in [0.25, 0.3) is 10.0 Å². The first-order chi connectivity index (χ1) is 8.83. The van der Waals surface area contributed by atoms with Crippen LogP contribution in [0.4, 0.5) is 10.1 Å². The number of hydrogen-bond donors (Lipinski definition) is 1. The average Bonchev–Trinajstić information content (AvgIpc) is 2.65. The molecule has 1 aromatic carbocycles. The van der Waals surface area contributed by atoms with E-state index in [0.29, 0.717) is 0 Å². The van der Waals surface area contributed by atoms with E-state index in [2.05, 4.69) is 9.88 Å². The van der Waals surface area contributed by atoms with Crippen molar-refractivity contribution < 1.29 is 17.3 Å². The van der Waals surface area contributed by atoms with Gasteiger partial charge in [-0.15, -0.1) is 0 Å². The van der Waals surface area contributed by atoms with E-state index in [9.17, 15) is 12.8 Å². The predicted molar refractivity (Wildman–Crippen MR) is 68.2 cm³/mol. The summed E-state index contributed by atoms with van der Waals surface area (Å²) in [4.78, 5) is -0.105. The Morgan fingerprint density at radius 3 is 2.63 bits per heavy atom. The van der Waals surface area contributed by atoms with E-state index in [0.717, 1.165) is 0 Å². The summed E-state index contributed by atoms with van der Waals surface area (Å²) < 4.78 is 44.9. The number of anilines is 1. The molecule has 0 saturated heterocycles. The van der Waals surface area contributed by atoms with Gasteiger partial charge in [0, 0.05) is 0 Å². The lowest BCUT2D eigenvalue weighted by atomic mass is 10.3. The summed E-state index contributed by atoms with van der Waals surface area (Å²) in [5.74, 6) is -0.702. The third-order valence-corrected chi connectivity index (χ3v) is 4.33. The normalized spacial score (nSPS) is 11.6. The molecule has 0 aliphatic carbocycles. The maximum Gasteiger partial charge on any atom is 0.267 e. The standard InChI is InChI=1S/C11H10ClFN2O3S/c1-6-11(7(2)18-14-6)19(16,17)15-9-5-3-4-8(12)10(9)13/h3-5,15H,1-2H3. The van der Waals surface area contributed by atoms with Crippen LogP contribution in [-0.4, -0.2) is 13.6 Å². The second-order valence-electron chi connectivity index (χ2n) is 3.86. The van der Waals surface area contributed by atoms with Gasteiger partial charge in [0.15, 0.2) is 16.5 Å². The van der Waals surface area contributed by atoms with Crippen LogP contribution in [0.1, 0.15) is 11.5 Å². The zero-order valence-electron chi connectivity index (χ0n) is 10.1. The lowest BCUT2D eigenvalue weighted by Crippen LogP contribution is -2.15. The number of hydrogen-bond acceptors (Lipinski definition) is 4. The highest BCUT2D eigenvalue weighted by Crippen LogP contribution is 2.26. The maximum atomic E-state index is 13.7. The fraction of sp³-hybridized carbons (Fsp3) is 0.182. The fourth-order valence-electron chi connectivity index (χ4n) is 1.64. The third kappa shape index (κ3) is 2.57. The molecule has 0 aliphatic heterocycles. The molecule has 1 heterocycles. The molecule has 0 unspecified atom stereocenters. The predicted octanol–water partition coefficient (Wildman–Crippen LogP) is 2.88. The van der Waals surface area contributed by atoms with Gasteiger partial charge in [-0.1, -0.05) is 22.8 Å². The van der Waals surface area contributed by atoms with Gasteiger partial charge >= 0.3 is 0 Å². The van der Waals surface area contributed by atoms with Crippen LogP contribution < -0.4 is 4.72 Å². The van der Waals surface area contributed by atoms with Crippen LogP contribution in [0.3, 0.4) is 0 Å². The van der Waals surface area contributed by atoms with Crippen molar-refractivity contribution >= 4 is 27.3 Å². The molecule has 1 aromatic heterocycles. The van der Waals surface area contributed by atoms with Crippen molar-refractivity contribution in [2.45, 2.75) is 18.7 Å². The molecule has 0 amide bonds. The van der Waals surface area contributed by atoms with Crippen molar-refractivity contribution in [2.75, 3.05) is 4.72 Å². The van der Waals surface area contributed by atoms with Crippen molar-refractivity contribution in [3.8, 4) is 0 Å². The lowest BCUT2D eigenvalue weighted by Gasteiger charge is -2.08. The van der Waals surface area contributed by atoms with E-state index >= 15 is 0 Å². The fourth-order valence-corrected chi connectivity index (χ4v) is 3.20. The molecule has 102 valence electrons. The largest absolute Gasteiger partial charge is 0.360 e. The van der Waals surface area contributed by atoms with Gasteiger partial charge in [-0.05, 0) is 26.0 Å². The summed E-state index contributed by atoms with van der Waals surface area (Å²) in [7, 11) is -3.98. The minimum absolute atomic E-state index is 0.105. The van der Waals surface area contributed by atoms with Gasteiger partial charge < -0.3 is 4.52 Å². The van der Waals surface area contributed by atoms with Crippen molar-refractivity contribution in [3.63, 3.8) is 0 Å². The minimum atomic E-state index is -3.98. The molecule has 2 rings (SSSR count). The monoisotopic (exact) mass is 304 g/mol. The smallest absolute Gasteiger partial charge is 0.267 e. The Bertz CT molecular complexity index is 708. The van der Waals surface area contributed by atoms with Crippen molar-refractivity contribution in [2.24, 2.45) is 0 Å². The number of halogens is 2. The Morgan fingerprint density at radius 1 is 1.37 bits per heavy atom. The van der Waals surface area contributed by atoms with Crippen LogP contribution in [0.2, 0.25) is 5.02 Å². The molecule has 1 N–H and O–H groups in total. The van der Waals surface area contributed by atoms with Gasteiger partial charge in [-0.25, -0.2) is 12.8 Å². The van der Waals surface area contributed by atoms with Crippen molar-refractivity contribution in [3.05, 3.63) is 40.5 Å². The molecule has 0 aliphatic rings. The molecule has 0 radical (unpaired) electrons. The van der Waals surface area contributed by atoms with Crippen molar-refractivity contribution in [1.29, 1.82) is 0 Å². The van der Waals surface area contributed by atoms with Gasteiger partial charge in [0.05, 0.1) is 10.7 Å². The topological polar surface area (TPSA) is 72.2 Å². The quantitative estimate of drug-likeness (QED) is 0.946. The second kappa shape index (κ2) is 4.82. The van der Waals surface area contributed by atoms with Crippen LogP contribution in [0.5, 0.6) is 0 Å². The van der Waals surface area contributed by atoms with E-state index in [-0.39, 0.29) is 27.1 Å². The third-order valence-electron chi connectivity index (χ3n) is 2.43. The Kier molecular flexibility index (Phi) is 3.51. The number of benzene rings is 1. The number of nitrogens with zero attached hydrogens (tertiary/aromatic N) is 1.